The molecule has 0 unspecified atom stereocenters. The lowest BCUT2D eigenvalue weighted by Gasteiger charge is -2.20. The van der Waals surface area contributed by atoms with Crippen molar-refractivity contribution in [3.8, 4) is 11.3 Å². The van der Waals surface area contributed by atoms with Crippen LogP contribution in [0.4, 0.5) is 0 Å². The van der Waals surface area contributed by atoms with Crippen LogP contribution >= 0.6 is 18.5 Å². The molecule has 190 valence electrons. The highest BCUT2D eigenvalue weighted by molar-refractivity contribution is 7.85. The van der Waals surface area contributed by atoms with Gasteiger partial charge in [-0.25, -0.2) is 9.97 Å². The van der Waals surface area contributed by atoms with Gasteiger partial charge in [0.05, 0.1) is 21.4 Å². The van der Waals surface area contributed by atoms with Crippen molar-refractivity contribution in [2.45, 2.75) is 0 Å². The lowest BCUT2D eigenvalue weighted by molar-refractivity contribution is 0.592. The Hall–Kier alpha value is -4.57. The predicted molar refractivity (Wildman–Crippen MR) is 168 cm³/mol. The molecule has 0 N–H and O–H groups in total. The van der Waals surface area contributed by atoms with Crippen LogP contribution in [0.5, 0.6) is 0 Å². The lowest BCUT2D eigenvalue weighted by Crippen LogP contribution is -2.25. The van der Waals surface area contributed by atoms with Crippen LogP contribution in [0.25, 0.3) is 48.4 Å². The predicted octanol–water partition coefficient (Wildman–Crippen LogP) is 7.56. The van der Waals surface area contributed by atoms with Crippen LogP contribution in [0.2, 0.25) is 0 Å². The van der Waals surface area contributed by atoms with Crippen molar-refractivity contribution < 1.29 is 4.57 Å². The number of thiazole rings is 1. The maximum absolute atomic E-state index is 15.1. The molecule has 4 nitrogen and oxygen atoms in total. The molecule has 0 amide bonds. The average molecular weight is 552 g/mol. The third-order valence-electron chi connectivity index (χ3n) is 7.49. The molecule has 0 spiro atoms. The minimum atomic E-state index is -3.14. The summed E-state index contributed by atoms with van der Waals surface area (Å²) in [5.74, 6) is 0. The molecule has 0 aliphatic carbocycles. The van der Waals surface area contributed by atoms with E-state index in [9.17, 15) is 0 Å². The molecule has 0 atom stereocenters. The summed E-state index contributed by atoms with van der Waals surface area (Å²) in [5.41, 5.74) is 5.64. The third kappa shape index (κ3) is 3.42. The van der Waals surface area contributed by atoms with Crippen LogP contribution in [0, 0.1) is 0 Å². The number of hydrogen-bond acceptors (Lipinski definition) is 4. The normalized spacial score (nSPS) is 12.1. The Kier molecular flexibility index (Phi) is 5.24. The fourth-order valence-corrected chi connectivity index (χ4v) is 9.36. The minimum absolute atomic E-state index is 0.779. The van der Waals surface area contributed by atoms with Crippen molar-refractivity contribution in [2.75, 3.05) is 0 Å². The fourth-order valence-electron chi connectivity index (χ4n) is 5.64. The first-order chi connectivity index (χ1) is 19.7. The second-order valence-electron chi connectivity index (χ2n) is 9.81. The van der Waals surface area contributed by atoms with Crippen LogP contribution in [0.15, 0.2) is 133 Å². The quantitative estimate of drug-likeness (QED) is 0.212. The van der Waals surface area contributed by atoms with Crippen molar-refractivity contribution in [2.24, 2.45) is 0 Å². The van der Waals surface area contributed by atoms with Gasteiger partial charge in [-0.3, -0.25) is 4.40 Å². The maximum Gasteiger partial charge on any atom is 0.195 e. The number of hydrogen-bond donors (Lipinski definition) is 0. The summed E-state index contributed by atoms with van der Waals surface area (Å²) >= 11 is 1.68. The van der Waals surface area contributed by atoms with Crippen molar-refractivity contribution >= 4 is 71.5 Å². The van der Waals surface area contributed by atoms with Gasteiger partial charge in [0.15, 0.2) is 12.1 Å². The number of pyridine rings is 1. The van der Waals surface area contributed by atoms with E-state index in [4.69, 9.17) is 9.97 Å². The molecule has 3 heterocycles. The lowest BCUT2D eigenvalue weighted by atomic mass is 10.1. The highest BCUT2D eigenvalue weighted by Gasteiger charge is 2.30. The second-order valence-corrected chi connectivity index (χ2v) is 13.6. The number of fused-ring (bicyclic) bond motifs is 7. The Morgan fingerprint density at radius 1 is 0.625 bits per heavy atom. The first kappa shape index (κ1) is 23.3. The van der Waals surface area contributed by atoms with E-state index in [1.54, 1.807) is 11.3 Å². The van der Waals surface area contributed by atoms with E-state index in [1.165, 1.54) is 4.70 Å². The number of nitrogens with zero attached hydrogens (tertiary/aromatic N) is 3. The van der Waals surface area contributed by atoms with Gasteiger partial charge in [0.1, 0.15) is 11.0 Å². The van der Waals surface area contributed by atoms with Crippen molar-refractivity contribution in [3.05, 3.63) is 133 Å². The highest BCUT2D eigenvalue weighted by Crippen LogP contribution is 2.44. The van der Waals surface area contributed by atoms with Gasteiger partial charge in [-0.2, -0.15) is 0 Å². The molecule has 40 heavy (non-hydrogen) atoms. The molecule has 0 aliphatic rings. The second kappa shape index (κ2) is 8.99. The Morgan fingerprint density at radius 3 is 2.05 bits per heavy atom. The molecule has 6 heteroatoms. The number of aromatic nitrogens is 3. The molecule has 8 aromatic rings. The van der Waals surface area contributed by atoms with E-state index >= 15 is 4.57 Å². The van der Waals surface area contributed by atoms with Gasteiger partial charge in [-0.05, 0) is 24.3 Å². The molecular weight excluding hydrogens is 529 g/mol. The van der Waals surface area contributed by atoms with E-state index in [1.807, 2.05) is 91.0 Å². The van der Waals surface area contributed by atoms with Gasteiger partial charge >= 0.3 is 0 Å². The monoisotopic (exact) mass is 551 g/mol. The molecule has 5 aromatic carbocycles. The van der Waals surface area contributed by atoms with Gasteiger partial charge < -0.3 is 4.57 Å². The molecule has 0 saturated heterocycles. The van der Waals surface area contributed by atoms with Gasteiger partial charge in [0.25, 0.3) is 0 Å². The molecule has 3 aromatic heterocycles. The molecule has 8 rings (SSSR count). The number of imidazole rings is 1. The van der Waals surface area contributed by atoms with E-state index < -0.39 is 7.14 Å². The van der Waals surface area contributed by atoms with E-state index in [0.717, 1.165) is 59.6 Å². The number of para-hydroxylation sites is 2. The summed E-state index contributed by atoms with van der Waals surface area (Å²) in [4.78, 5) is 11.3. The molecule has 0 saturated carbocycles. The van der Waals surface area contributed by atoms with Crippen molar-refractivity contribution in [1.29, 1.82) is 0 Å². The molecule has 0 radical (unpaired) electrons. The minimum Gasteiger partial charge on any atom is -0.309 e. The van der Waals surface area contributed by atoms with Crippen molar-refractivity contribution in [3.63, 3.8) is 0 Å². The topological polar surface area (TPSA) is 47.3 Å². The standard InChI is InChI=1S/C34H22N3OPS/c38-39(24-13-3-1-4-14-24,25-15-5-2-6-16-25)26-17-11-12-23(22-26)31-33-32(27-18-7-8-19-28(27)35-31)36-34-37(33)29-20-9-10-21-30(29)40-34/h1-22H. The highest BCUT2D eigenvalue weighted by atomic mass is 32.1. The average Bonchev–Trinajstić information content (AvgIpc) is 3.58. The van der Waals surface area contributed by atoms with Crippen LogP contribution in [0.3, 0.4) is 0 Å². The smallest absolute Gasteiger partial charge is 0.195 e. The summed E-state index contributed by atoms with van der Waals surface area (Å²) in [6.07, 6.45) is 0. The molecule has 0 fully saturated rings. The first-order valence-corrected chi connectivity index (χ1v) is 15.6. The van der Waals surface area contributed by atoms with E-state index in [2.05, 4.69) is 46.9 Å². The van der Waals surface area contributed by atoms with Crippen LogP contribution in [-0.2, 0) is 4.57 Å². The SMILES string of the molecule is O=P(c1ccccc1)(c1ccccc1)c1cccc(-c2nc3ccccc3c3nc4sc5ccccc5n4c23)c1. The molecule has 0 bridgehead atoms. The Balaban J connectivity index is 1.45. The zero-order chi connectivity index (χ0) is 26.7. The summed E-state index contributed by atoms with van der Waals surface area (Å²) in [6, 6.07) is 44.2. The van der Waals surface area contributed by atoms with Gasteiger partial charge in [-0.1, -0.05) is 121 Å². The molecule has 0 aliphatic heterocycles. The van der Waals surface area contributed by atoms with Gasteiger partial charge in [0.2, 0.25) is 0 Å². The third-order valence-corrected chi connectivity index (χ3v) is 11.6. The largest absolute Gasteiger partial charge is 0.309 e. The van der Waals surface area contributed by atoms with Gasteiger partial charge in [0, 0.05) is 26.9 Å². The Labute approximate surface area is 234 Å². The van der Waals surface area contributed by atoms with Crippen LogP contribution in [-0.4, -0.2) is 14.4 Å². The number of benzene rings is 5. The van der Waals surface area contributed by atoms with E-state index in [-0.39, 0.29) is 0 Å². The maximum atomic E-state index is 15.1. The summed E-state index contributed by atoms with van der Waals surface area (Å²) in [5, 5.41) is 3.43. The zero-order valence-corrected chi connectivity index (χ0v) is 23.0. The molecular formula is C34H22N3OPS. The zero-order valence-electron chi connectivity index (χ0n) is 21.3. The van der Waals surface area contributed by atoms with Crippen LogP contribution < -0.4 is 15.9 Å². The van der Waals surface area contributed by atoms with Crippen LogP contribution in [0.1, 0.15) is 0 Å². The van der Waals surface area contributed by atoms with E-state index in [0.29, 0.717) is 0 Å². The van der Waals surface area contributed by atoms with Gasteiger partial charge in [-0.15, -0.1) is 0 Å². The summed E-state index contributed by atoms with van der Waals surface area (Å²) < 4.78 is 18.5. The Morgan fingerprint density at radius 2 is 1.27 bits per heavy atom. The Bertz CT molecular complexity index is 2210. The fraction of sp³-hybridized carbons (Fsp3) is 0. The first-order valence-electron chi connectivity index (χ1n) is 13.1. The number of rotatable bonds is 4. The summed E-state index contributed by atoms with van der Waals surface area (Å²) in [6.45, 7) is 0. The summed E-state index contributed by atoms with van der Waals surface area (Å²) in [7, 11) is -3.14. The van der Waals surface area contributed by atoms with Crippen molar-refractivity contribution in [1.82, 2.24) is 14.4 Å².